The zero-order chi connectivity index (χ0) is 15.0. The number of hydrogen-bond acceptors (Lipinski definition) is 2. The second-order valence-corrected chi connectivity index (χ2v) is 5.43. The van der Waals surface area contributed by atoms with Gasteiger partial charge in [0.05, 0.1) is 5.60 Å². The molecule has 0 radical (unpaired) electrons. The molecule has 20 heavy (non-hydrogen) atoms. The Morgan fingerprint density at radius 1 is 1.20 bits per heavy atom. The number of benzene rings is 1. The normalized spacial score (nSPS) is 13.0. The molecule has 0 spiro atoms. The van der Waals surface area contributed by atoms with E-state index in [1.807, 2.05) is 32.0 Å². The van der Waals surface area contributed by atoms with Crippen LogP contribution < -0.4 is 5.32 Å². The molecule has 0 aromatic heterocycles. The highest BCUT2D eigenvalue weighted by Gasteiger charge is 2.23. The second-order valence-electron chi connectivity index (χ2n) is 5.43. The Kier molecular flexibility index (Phi) is 6.73. The molecule has 0 saturated heterocycles. The fourth-order valence-electron chi connectivity index (χ4n) is 2.28. The zero-order valence-corrected chi connectivity index (χ0v) is 12.9. The first-order valence-corrected chi connectivity index (χ1v) is 7.58. The molecule has 3 heteroatoms. The van der Waals surface area contributed by atoms with Crippen LogP contribution in [0.1, 0.15) is 57.9 Å². The SMILES string of the molecule is CCC(CC(=O)NCC(O)(CC)CC)c1ccccc1. The van der Waals surface area contributed by atoms with Gasteiger partial charge in [0.15, 0.2) is 0 Å². The van der Waals surface area contributed by atoms with E-state index in [1.54, 1.807) is 0 Å². The Balaban J connectivity index is 2.52. The van der Waals surface area contributed by atoms with E-state index in [9.17, 15) is 9.90 Å². The van der Waals surface area contributed by atoms with Gasteiger partial charge in [0.1, 0.15) is 0 Å². The van der Waals surface area contributed by atoms with Crippen LogP contribution in [0.4, 0.5) is 0 Å². The summed E-state index contributed by atoms with van der Waals surface area (Å²) in [7, 11) is 0. The summed E-state index contributed by atoms with van der Waals surface area (Å²) in [6, 6.07) is 10.1. The van der Waals surface area contributed by atoms with Crippen LogP contribution in [0.5, 0.6) is 0 Å². The highest BCUT2D eigenvalue weighted by Crippen LogP contribution is 2.23. The van der Waals surface area contributed by atoms with Crippen LogP contribution >= 0.6 is 0 Å². The van der Waals surface area contributed by atoms with Crippen molar-refractivity contribution in [3.8, 4) is 0 Å². The quantitative estimate of drug-likeness (QED) is 0.766. The van der Waals surface area contributed by atoms with Gasteiger partial charge in [-0.3, -0.25) is 4.79 Å². The molecule has 1 aromatic rings. The average Bonchev–Trinajstić information content (AvgIpc) is 2.51. The molecular formula is C17H27NO2. The van der Waals surface area contributed by atoms with Crippen molar-refractivity contribution in [2.24, 2.45) is 0 Å². The third-order valence-electron chi connectivity index (χ3n) is 4.13. The van der Waals surface area contributed by atoms with Crippen LogP contribution in [-0.2, 0) is 4.79 Å². The van der Waals surface area contributed by atoms with Crippen molar-refractivity contribution in [3.63, 3.8) is 0 Å². The van der Waals surface area contributed by atoms with Crippen molar-refractivity contribution >= 4 is 5.91 Å². The van der Waals surface area contributed by atoms with Crippen LogP contribution in [0.3, 0.4) is 0 Å². The number of hydrogen-bond donors (Lipinski definition) is 2. The third-order valence-corrected chi connectivity index (χ3v) is 4.13. The first kappa shape index (κ1) is 16.7. The molecule has 1 aromatic carbocycles. The lowest BCUT2D eigenvalue weighted by atomic mass is 9.92. The Bertz CT molecular complexity index is 399. The molecule has 3 nitrogen and oxygen atoms in total. The molecule has 0 aliphatic carbocycles. The monoisotopic (exact) mass is 277 g/mol. The van der Waals surface area contributed by atoms with E-state index >= 15 is 0 Å². The van der Waals surface area contributed by atoms with E-state index in [0.717, 1.165) is 6.42 Å². The topological polar surface area (TPSA) is 49.3 Å². The maximum absolute atomic E-state index is 12.0. The Labute approximate surface area is 122 Å². The van der Waals surface area contributed by atoms with Gasteiger partial charge in [0, 0.05) is 13.0 Å². The predicted octanol–water partition coefficient (Wildman–Crippen LogP) is 3.24. The lowest BCUT2D eigenvalue weighted by molar-refractivity contribution is -0.122. The van der Waals surface area contributed by atoms with E-state index in [4.69, 9.17) is 0 Å². The molecule has 0 aliphatic heterocycles. The number of rotatable bonds is 8. The van der Waals surface area contributed by atoms with E-state index < -0.39 is 5.60 Å². The molecule has 112 valence electrons. The third kappa shape index (κ3) is 4.97. The minimum atomic E-state index is -0.774. The predicted molar refractivity (Wildman–Crippen MR) is 82.6 cm³/mol. The Morgan fingerprint density at radius 3 is 2.30 bits per heavy atom. The maximum atomic E-state index is 12.0. The lowest BCUT2D eigenvalue weighted by Gasteiger charge is -2.26. The molecule has 0 fully saturated rings. The van der Waals surface area contributed by atoms with Gasteiger partial charge in [-0.2, -0.15) is 0 Å². The van der Waals surface area contributed by atoms with E-state index in [0.29, 0.717) is 25.8 Å². The van der Waals surface area contributed by atoms with Gasteiger partial charge in [-0.1, -0.05) is 51.1 Å². The molecule has 1 rings (SSSR count). The summed E-state index contributed by atoms with van der Waals surface area (Å²) >= 11 is 0. The summed E-state index contributed by atoms with van der Waals surface area (Å²) in [6.07, 6.45) is 2.71. The maximum Gasteiger partial charge on any atom is 0.220 e. The number of nitrogens with one attached hydrogen (secondary N) is 1. The van der Waals surface area contributed by atoms with E-state index in [-0.39, 0.29) is 11.8 Å². The van der Waals surface area contributed by atoms with Crippen molar-refractivity contribution in [2.45, 2.75) is 58.0 Å². The lowest BCUT2D eigenvalue weighted by Crippen LogP contribution is -2.42. The summed E-state index contributed by atoms with van der Waals surface area (Å²) in [5.74, 6) is 0.258. The van der Waals surface area contributed by atoms with Crippen LogP contribution in [0.25, 0.3) is 0 Å². The molecule has 1 atom stereocenters. The molecule has 0 bridgehead atoms. The summed E-state index contributed by atoms with van der Waals surface area (Å²) in [6.45, 7) is 6.31. The van der Waals surface area contributed by atoms with Crippen molar-refractivity contribution in [3.05, 3.63) is 35.9 Å². The van der Waals surface area contributed by atoms with Gasteiger partial charge >= 0.3 is 0 Å². The molecular weight excluding hydrogens is 250 g/mol. The molecule has 0 saturated carbocycles. The standard InChI is InChI=1S/C17H27NO2/c1-4-14(15-10-8-7-9-11-15)12-16(19)18-13-17(20,5-2)6-3/h7-11,14,20H,4-6,12-13H2,1-3H3,(H,18,19). The number of carbonyl (C=O) groups is 1. The van der Waals surface area contributed by atoms with Crippen LogP contribution in [0, 0.1) is 0 Å². The van der Waals surface area contributed by atoms with Gasteiger partial charge in [-0.25, -0.2) is 0 Å². The van der Waals surface area contributed by atoms with Crippen LogP contribution in [0.15, 0.2) is 30.3 Å². The summed E-state index contributed by atoms with van der Waals surface area (Å²) in [5.41, 5.74) is 0.427. The van der Waals surface area contributed by atoms with Gasteiger partial charge in [0.25, 0.3) is 0 Å². The number of carbonyl (C=O) groups excluding carboxylic acids is 1. The largest absolute Gasteiger partial charge is 0.388 e. The van der Waals surface area contributed by atoms with Gasteiger partial charge < -0.3 is 10.4 Å². The van der Waals surface area contributed by atoms with E-state index in [2.05, 4.69) is 24.4 Å². The van der Waals surface area contributed by atoms with Crippen LogP contribution in [0.2, 0.25) is 0 Å². The minimum Gasteiger partial charge on any atom is -0.388 e. The summed E-state index contributed by atoms with van der Waals surface area (Å²) < 4.78 is 0. The molecule has 0 heterocycles. The smallest absolute Gasteiger partial charge is 0.220 e. The van der Waals surface area contributed by atoms with Crippen molar-refractivity contribution in [1.29, 1.82) is 0 Å². The van der Waals surface area contributed by atoms with E-state index in [1.165, 1.54) is 5.56 Å². The molecule has 2 N–H and O–H groups in total. The number of amides is 1. The molecule has 1 unspecified atom stereocenters. The molecule has 1 amide bonds. The van der Waals surface area contributed by atoms with Crippen molar-refractivity contribution in [2.75, 3.05) is 6.54 Å². The highest BCUT2D eigenvalue weighted by molar-refractivity contribution is 5.77. The van der Waals surface area contributed by atoms with Gasteiger partial charge in [-0.05, 0) is 30.7 Å². The van der Waals surface area contributed by atoms with Crippen molar-refractivity contribution in [1.82, 2.24) is 5.32 Å². The second kappa shape index (κ2) is 8.05. The fourth-order valence-corrected chi connectivity index (χ4v) is 2.28. The van der Waals surface area contributed by atoms with Gasteiger partial charge in [0.2, 0.25) is 5.91 Å². The Morgan fingerprint density at radius 2 is 1.80 bits per heavy atom. The average molecular weight is 277 g/mol. The first-order chi connectivity index (χ1) is 9.54. The summed E-state index contributed by atoms with van der Waals surface area (Å²) in [4.78, 5) is 12.0. The van der Waals surface area contributed by atoms with Crippen molar-refractivity contribution < 1.29 is 9.90 Å². The Hall–Kier alpha value is -1.35. The highest BCUT2D eigenvalue weighted by atomic mass is 16.3. The summed E-state index contributed by atoms with van der Waals surface area (Å²) in [5, 5.41) is 13.0. The number of aliphatic hydroxyl groups is 1. The zero-order valence-electron chi connectivity index (χ0n) is 12.9. The van der Waals surface area contributed by atoms with Crippen LogP contribution in [-0.4, -0.2) is 23.2 Å². The van der Waals surface area contributed by atoms with Gasteiger partial charge in [-0.15, -0.1) is 0 Å². The fraction of sp³-hybridized carbons (Fsp3) is 0.588. The molecule has 0 aliphatic rings. The minimum absolute atomic E-state index is 0.0148. The first-order valence-electron chi connectivity index (χ1n) is 7.58.